The number of nitrogens with two attached hydrogens (primary N) is 1. The Bertz CT molecular complexity index is 562. The monoisotopic (exact) mass is 291 g/mol. The predicted molar refractivity (Wildman–Crippen MR) is 66.5 cm³/mol. The van der Waals surface area contributed by atoms with Gasteiger partial charge in [0, 0.05) is 12.6 Å². The van der Waals surface area contributed by atoms with Gasteiger partial charge in [-0.05, 0) is 31.5 Å². The molecule has 1 rings (SSSR count). The van der Waals surface area contributed by atoms with Crippen molar-refractivity contribution in [3.05, 3.63) is 34.1 Å². The van der Waals surface area contributed by atoms with Gasteiger partial charge in [-0.1, -0.05) is 0 Å². The summed E-state index contributed by atoms with van der Waals surface area (Å²) < 4.78 is 38.9. The fourth-order valence-electron chi connectivity index (χ4n) is 1.36. The Morgan fingerprint density at radius 2 is 2.05 bits per heavy atom. The lowest BCUT2D eigenvalue weighted by Crippen LogP contribution is -2.25. The summed E-state index contributed by atoms with van der Waals surface area (Å²) in [5.41, 5.74) is 4.39. The molecule has 0 spiro atoms. The van der Waals surface area contributed by atoms with Crippen molar-refractivity contribution in [1.29, 1.82) is 0 Å². The normalized spacial score (nSPS) is 11.5. The molecule has 0 saturated heterocycles. The molecule has 1 aromatic carbocycles. The molecule has 7 nitrogen and oxygen atoms in total. The highest BCUT2D eigenvalue weighted by molar-refractivity contribution is 7.89. The van der Waals surface area contributed by atoms with Gasteiger partial charge in [0.25, 0.3) is 0 Å². The number of hydrogen-bond donors (Lipinski definition) is 2. The van der Waals surface area contributed by atoms with Crippen molar-refractivity contribution >= 4 is 15.7 Å². The molecule has 0 fully saturated rings. The van der Waals surface area contributed by atoms with Gasteiger partial charge in [-0.3, -0.25) is 10.1 Å². The van der Waals surface area contributed by atoms with E-state index in [2.05, 4.69) is 4.72 Å². The SMILES string of the molecule is NCCCCNS(=O)(=O)c1ccc(F)c([N+](=O)[O-])c1. The van der Waals surface area contributed by atoms with E-state index in [4.69, 9.17) is 5.73 Å². The van der Waals surface area contributed by atoms with Crippen molar-refractivity contribution in [1.82, 2.24) is 4.72 Å². The van der Waals surface area contributed by atoms with Gasteiger partial charge < -0.3 is 5.73 Å². The first kappa shape index (κ1) is 15.5. The van der Waals surface area contributed by atoms with Gasteiger partial charge in [0.15, 0.2) is 0 Å². The first-order valence-corrected chi connectivity index (χ1v) is 7.00. The fraction of sp³-hybridized carbons (Fsp3) is 0.400. The Balaban J connectivity index is 2.89. The van der Waals surface area contributed by atoms with Crippen molar-refractivity contribution in [2.24, 2.45) is 5.73 Å². The number of hydrogen-bond acceptors (Lipinski definition) is 5. The third kappa shape index (κ3) is 4.23. The Hall–Kier alpha value is -1.58. The quantitative estimate of drug-likeness (QED) is 0.437. The second-order valence-electron chi connectivity index (χ2n) is 3.76. The Kier molecular flexibility index (Phi) is 5.33. The summed E-state index contributed by atoms with van der Waals surface area (Å²) in [6.45, 7) is 0.619. The minimum Gasteiger partial charge on any atom is -0.330 e. The van der Waals surface area contributed by atoms with Crippen molar-refractivity contribution in [3.63, 3.8) is 0 Å². The van der Waals surface area contributed by atoms with E-state index in [0.29, 0.717) is 25.5 Å². The zero-order valence-electron chi connectivity index (χ0n) is 10.0. The average molecular weight is 291 g/mol. The third-order valence-electron chi connectivity index (χ3n) is 2.35. The molecule has 3 N–H and O–H groups in total. The van der Waals surface area contributed by atoms with Gasteiger partial charge in [-0.25, -0.2) is 13.1 Å². The molecule has 0 aliphatic rings. The first-order chi connectivity index (χ1) is 8.88. The van der Waals surface area contributed by atoms with Crippen molar-refractivity contribution in [2.45, 2.75) is 17.7 Å². The van der Waals surface area contributed by atoms with Gasteiger partial charge in [0.1, 0.15) is 0 Å². The zero-order valence-corrected chi connectivity index (χ0v) is 10.8. The highest BCUT2D eigenvalue weighted by Gasteiger charge is 2.20. The standard InChI is InChI=1S/C10H14FN3O4S/c11-9-4-3-8(7-10(9)14(15)16)19(17,18)13-6-2-1-5-12/h3-4,7,13H,1-2,5-6,12H2. The second-order valence-corrected chi connectivity index (χ2v) is 5.53. The molecule has 0 heterocycles. The smallest absolute Gasteiger partial charge is 0.306 e. The number of sulfonamides is 1. The highest BCUT2D eigenvalue weighted by Crippen LogP contribution is 2.21. The van der Waals surface area contributed by atoms with Crippen molar-refractivity contribution in [2.75, 3.05) is 13.1 Å². The van der Waals surface area contributed by atoms with E-state index in [1.807, 2.05) is 0 Å². The van der Waals surface area contributed by atoms with Crippen LogP contribution in [0, 0.1) is 15.9 Å². The van der Waals surface area contributed by atoms with Gasteiger partial charge in [0.2, 0.25) is 15.8 Å². The first-order valence-electron chi connectivity index (χ1n) is 5.52. The lowest BCUT2D eigenvalue weighted by atomic mass is 10.3. The maximum Gasteiger partial charge on any atom is 0.306 e. The van der Waals surface area contributed by atoms with Crippen LogP contribution < -0.4 is 10.5 Å². The molecule has 1 aromatic rings. The van der Waals surface area contributed by atoms with E-state index in [1.165, 1.54) is 0 Å². The molecule has 0 aliphatic carbocycles. The van der Waals surface area contributed by atoms with E-state index >= 15 is 0 Å². The summed E-state index contributed by atoms with van der Waals surface area (Å²) in [7, 11) is -3.88. The number of nitrogens with zero attached hydrogens (tertiary/aromatic N) is 1. The number of nitro benzene ring substituents is 1. The Labute approximate surface area is 109 Å². The summed E-state index contributed by atoms with van der Waals surface area (Å²) in [4.78, 5) is 9.23. The topological polar surface area (TPSA) is 115 Å². The van der Waals surface area contributed by atoms with Crippen LogP contribution in [-0.4, -0.2) is 26.4 Å². The molecule has 0 bridgehead atoms. The van der Waals surface area contributed by atoms with E-state index < -0.39 is 26.5 Å². The van der Waals surface area contributed by atoms with Crippen LogP contribution in [0.25, 0.3) is 0 Å². The van der Waals surface area contributed by atoms with Crippen LogP contribution in [0.3, 0.4) is 0 Å². The molecule has 0 radical (unpaired) electrons. The molecule has 9 heteroatoms. The molecule has 0 aliphatic heterocycles. The maximum absolute atomic E-state index is 13.1. The number of halogens is 1. The highest BCUT2D eigenvalue weighted by atomic mass is 32.2. The zero-order chi connectivity index (χ0) is 14.5. The summed E-state index contributed by atoms with van der Waals surface area (Å²) in [5.74, 6) is -1.08. The summed E-state index contributed by atoms with van der Waals surface area (Å²) in [6.07, 6.45) is 1.21. The van der Waals surface area contributed by atoms with Crippen LogP contribution >= 0.6 is 0 Å². The second kappa shape index (κ2) is 6.55. The Morgan fingerprint density at radius 1 is 1.37 bits per heavy atom. The lowest BCUT2D eigenvalue weighted by Gasteiger charge is -2.06. The van der Waals surface area contributed by atoms with Crippen LogP contribution in [-0.2, 0) is 10.0 Å². The van der Waals surface area contributed by atoms with Gasteiger partial charge in [-0.15, -0.1) is 0 Å². The predicted octanol–water partition coefficient (Wildman–Crippen LogP) is 0.751. The van der Waals surface area contributed by atoms with Gasteiger partial charge in [0.05, 0.1) is 9.82 Å². The average Bonchev–Trinajstić information content (AvgIpc) is 2.34. The van der Waals surface area contributed by atoms with Crippen LogP contribution in [0.15, 0.2) is 23.1 Å². The molecular weight excluding hydrogens is 277 g/mol. The minimum absolute atomic E-state index is 0.171. The van der Waals surface area contributed by atoms with E-state index in [0.717, 1.165) is 12.1 Å². The minimum atomic E-state index is -3.88. The van der Waals surface area contributed by atoms with Crippen LogP contribution in [0.2, 0.25) is 0 Å². The number of nitro groups is 1. The van der Waals surface area contributed by atoms with Crippen LogP contribution in [0.1, 0.15) is 12.8 Å². The van der Waals surface area contributed by atoms with Crippen LogP contribution in [0.4, 0.5) is 10.1 Å². The molecule has 0 atom stereocenters. The number of nitrogens with one attached hydrogen (secondary N) is 1. The molecule has 0 aromatic heterocycles. The van der Waals surface area contributed by atoms with Crippen LogP contribution in [0.5, 0.6) is 0 Å². The summed E-state index contributed by atoms with van der Waals surface area (Å²) in [6, 6.07) is 2.43. The lowest BCUT2D eigenvalue weighted by molar-refractivity contribution is -0.387. The molecule has 0 saturated carbocycles. The van der Waals surface area contributed by atoms with Crippen molar-refractivity contribution in [3.8, 4) is 0 Å². The van der Waals surface area contributed by atoms with Crippen molar-refractivity contribution < 1.29 is 17.7 Å². The molecule has 106 valence electrons. The summed E-state index contributed by atoms with van der Waals surface area (Å²) >= 11 is 0. The van der Waals surface area contributed by atoms with Gasteiger partial charge in [-0.2, -0.15) is 4.39 Å². The molecular formula is C10H14FN3O4S. The van der Waals surface area contributed by atoms with Gasteiger partial charge >= 0.3 is 5.69 Å². The fourth-order valence-corrected chi connectivity index (χ4v) is 2.45. The van der Waals surface area contributed by atoms with E-state index in [1.54, 1.807) is 0 Å². The number of rotatable bonds is 7. The van der Waals surface area contributed by atoms with E-state index in [-0.39, 0.29) is 11.4 Å². The largest absolute Gasteiger partial charge is 0.330 e. The third-order valence-corrected chi connectivity index (χ3v) is 3.81. The maximum atomic E-state index is 13.1. The number of unbranched alkanes of at least 4 members (excludes halogenated alkanes) is 1. The molecule has 0 amide bonds. The summed E-state index contributed by atoms with van der Waals surface area (Å²) in [5, 5.41) is 10.5. The van der Waals surface area contributed by atoms with E-state index in [9.17, 15) is 22.9 Å². The number of benzene rings is 1. The molecule has 0 unspecified atom stereocenters. The molecule has 19 heavy (non-hydrogen) atoms. The Morgan fingerprint density at radius 3 is 2.63 bits per heavy atom.